The van der Waals surface area contributed by atoms with Crippen molar-refractivity contribution in [3.63, 3.8) is 0 Å². The van der Waals surface area contributed by atoms with Crippen molar-refractivity contribution < 1.29 is 14.0 Å². The maximum Gasteiger partial charge on any atom is 0.248 e. The number of halogens is 1. The van der Waals surface area contributed by atoms with Crippen LogP contribution in [0.5, 0.6) is 0 Å². The van der Waals surface area contributed by atoms with Gasteiger partial charge in [-0.2, -0.15) is 0 Å². The molecule has 3 aromatic rings. The summed E-state index contributed by atoms with van der Waals surface area (Å²) in [6, 6.07) is 11.9. The zero-order chi connectivity index (χ0) is 28.3. The van der Waals surface area contributed by atoms with E-state index in [2.05, 4.69) is 23.7 Å². The molecule has 1 aliphatic heterocycles. The number of carbonyl (C=O) groups excluding carboxylic acids is 2. The summed E-state index contributed by atoms with van der Waals surface area (Å²) in [4.78, 5) is 33.0. The average molecular weight is 532 g/mol. The van der Waals surface area contributed by atoms with Gasteiger partial charge >= 0.3 is 0 Å². The van der Waals surface area contributed by atoms with Gasteiger partial charge in [0, 0.05) is 54.9 Å². The van der Waals surface area contributed by atoms with Crippen LogP contribution in [-0.2, 0) is 6.54 Å². The molecule has 0 spiro atoms. The van der Waals surface area contributed by atoms with Gasteiger partial charge in [-0.15, -0.1) is 0 Å². The molecule has 8 heteroatoms. The lowest BCUT2D eigenvalue weighted by atomic mass is 9.84. The van der Waals surface area contributed by atoms with Gasteiger partial charge in [0.1, 0.15) is 5.82 Å². The molecule has 4 N–H and O–H groups in total. The Morgan fingerprint density at radius 2 is 1.56 bits per heavy atom. The number of aromatic nitrogens is 1. The van der Waals surface area contributed by atoms with Gasteiger partial charge in [-0.3, -0.25) is 19.5 Å². The number of anilines is 2. The van der Waals surface area contributed by atoms with Crippen molar-refractivity contribution in [3.05, 3.63) is 88.5 Å². The molecule has 1 aliphatic rings. The number of nitrogens with zero attached hydrogens (tertiary/aromatic N) is 3. The van der Waals surface area contributed by atoms with Crippen LogP contribution in [0.25, 0.3) is 0 Å². The molecule has 2 amide bonds. The van der Waals surface area contributed by atoms with Crippen molar-refractivity contribution in [2.45, 2.75) is 65.0 Å². The minimum Gasteiger partial charge on any atom is -0.366 e. The van der Waals surface area contributed by atoms with Gasteiger partial charge in [0.25, 0.3) is 0 Å². The number of amides is 2. The number of hydrogen-bond acceptors (Lipinski definition) is 5. The largest absolute Gasteiger partial charge is 0.366 e. The molecule has 0 atom stereocenters. The zero-order valence-electron chi connectivity index (χ0n) is 23.2. The first kappa shape index (κ1) is 28.2. The second kappa shape index (κ2) is 11.9. The van der Waals surface area contributed by atoms with Gasteiger partial charge in [-0.1, -0.05) is 27.7 Å². The Kier molecular flexibility index (Phi) is 8.65. The third-order valence-corrected chi connectivity index (χ3v) is 7.51. The Morgan fingerprint density at radius 3 is 2.13 bits per heavy atom. The van der Waals surface area contributed by atoms with E-state index in [9.17, 15) is 9.59 Å². The molecule has 1 saturated heterocycles. The first-order valence-corrected chi connectivity index (χ1v) is 13.5. The maximum absolute atomic E-state index is 15.6. The summed E-state index contributed by atoms with van der Waals surface area (Å²) in [5, 5.41) is 0. The Bertz CT molecular complexity index is 1330. The maximum atomic E-state index is 15.6. The second-order valence-electron chi connectivity index (χ2n) is 10.9. The van der Waals surface area contributed by atoms with Crippen molar-refractivity contribution in [3.8, 4) is 0 Å². The van der Waals surface area contributed by atoms with Crippen molar-refractivity contribution in [2.75, 3.05) is 18.0 Å². The third kappa shape index (κ3) is 6.11. The minimum absolute atomic E-state index is 0.0238. The van der Waals surface area contributed by atoms with Crippen LogP contribution in [0.1, 0.15) is 89.8 Å². The Balaban J connectivity index is 1.82. The number of nitrogens with two attached hydrogens (primary N) is 2. The topological polar surface area (TPSA) is 106 Å². The van der Waals surface area contributed by atoms with Crippen LogP contribution < -0.4 is 16.4 Å². The molecule has 1 fully saturated rings. The van der Waals surface area contributed by atoms with E-state index in [1.54, 1.807) is 24.5 Å². The number of likely N-dealkylation sites (tertiary alicyclic amines) is 1. The number of piperidine rings is 1. The molecule has 39 heavy (non-hydrogen) atoms. The fourth-order valence-electron chi connectivity index (χ4n) is 5.73. The normalized spacial score (nSPS) is 14.6. The van der Waals surface area contributed by atoms with Crippen LogP contribution in [0.15, 0.2) is 54.9 Å². The average Bonchev–Trinajstić information content (AvgIpc) is 2.90. The van der Waals surface area contributed by atoms with Crippen molar-refractivity contribution in [2.24, 2.45) is 11.5 Å². The number of pyridine rings is 1. The summed E-state index contributed by atoms with van der Waals surface area (Å²) < 4.78 is 15.6. The molecule has 7 nitrogen and oxygen atoms in total. The van der Waals surface area contributed by atoms with E-state index < -0.39 is 17.6 Å². The summed E-state index contributed by atoms with van der Waals surface area (Å²) in [5.41, 5.74) is 16.3. The lowest BCUT2D eigenvalue weighted by molar-refractivity contribution is 0.0991. The van der Waals surface area contributed by atoms with E-state index in [1.807, 2.05) is 36.9 Å². The van der Waals surface area contributed by atoms with Crippen molar-refractivity contribution >= 4 is 23.2 Å². The van der Waals surface area contributed by atoms with Crippen LogP contribution in [-0.4, -0.2) is 40.8 Å². The highest BCUT2D eigenvalue weighted by Gasteiger charge is 2.32. The third-order valence-electron chi connectivity index (χ3n) is 7.51. The SMILES string of the molecule is CC(C)c1c(C(N)=O)ccc(N(c2cc(C(N)=O)ccc2F)C2CCN(Cc3ccncc3)CC2)c1C(C)C. The molecule has 0 bridgehead atoms. The van der Waals surface area contributed by atoms with Gasteiger partial charge in [0.2, 0.25) is 11.8 Å². The van der Waals surface area contributed by atoms with Gasteiger partial charge in [0.15, 0.2) is 0 Å². The molecular formula is C31H38FN5O2. The number of hydrogen-bond donors (Lipinski definition) is 2. The van der Waals surface area contributed by atoms with Crippen LogP contribution in [0.3, 0.4) is 0 Å². The predicted molar refractivity (Wildman–Crippen MR) is 153 cm³/mol. The number of primary amides is 2. The molecule has 0 unspecified atom stereocenters. The van der Waals surface area contributed by atoms with E-state index in [4.69, 9.17) is 11.5 Å². The van der Waals surface area contributed by atoms with Crippen molar-refractivity contribution in [1.29, 1.82) is 0 Å². The highest BCUT2D eigenvalue weighted by Crippen LogP contribution is 2.43. The van der Waals surface area contributed by atoms with Crippen LogP contribution >= 0.6 is 0 Å². The second-order valence-corrected chi connectivity index (χ2v) is 10.9. The molecule has 1 aromatic heterocycles. The Hall–Kier alpha value is -3.78. The number of rotatable bonds is 9. The zero-order valence-corrected chi connectivity index (χ0v) is 23.2. The quantitative estimate of drug-likeness (QED) is 0.381. The molecular weight excluding hydrogens is 493 g/mol. The minimum atomic E-state index is -0.612. The number of benzene rings is 2. The summed E-state index contributed by atoms with van der Waals surface area (Å²) in [6.07, 6.45) is 5.18. The van der Waals surface area contributed by atoms with E-state index in [1.165, 1.54) is 17.7 Å². The van der Waals surface area contributed by atoms with Crippen LogP contribution in [0.4, 0.5) is 15.8 Å². The molecule has 206 valence electrons. The molecule has 0 aliphatic carbocycles. The molecule has 0 saturated carbocycles. The lowest BCUT2D eigenvalue weighted by Gasteiger charge is -2.42. The fourth-order valence-corrected chi connectivity index (χ4v) is 5.73. The summed E-state index contributed by atoms with van der Waals surface area (Å²) >= 11 is 0. The van der Waals surface area contributed by atoms with E-state index >= 15 is 4.39 Å². The van der Waals surface area contributed by atoms with Gasteiger partial charge in [-0.05, 0) is 83.8 Å². The predicted octanol–water partition coefficient (Wildman–Crippen LogP) is 5.47. The Morgan fingerprint density at radius 1 is 0.923 bits per heavy atom. The van der Waals surface area contributed by atoms with Crippen molar-refractivity contribution in [1.82, 2.24) is 9.88 Å². The standard InChI is InChI=1S/C31H38FN5O2/c1-19(2)28-24(31(34)39)6-8-26(29(28)20(3)4)37(27-17-22(30(33)38)5-7-25(27)32)23-11-15-36(16-12-23)18-21-9-13-35-14-10-21/h5-10,13-14,17,19-20,23H,11-12,15-16,18H2,1-4H3,(H2,33,38)(H2,34,39). The first-order chi connectivity index (χ1) is 18.6. The van der Waals surface area contributed by atoms with E-state index in [0.29, 0.717) is 11.3 Å². The molecule has 2 aromatic carbocycles. The van der Waals surface area contributed by atoms with Gasteiger partial charge in [0.05, 0.1) is 5.69 Å². The summed E-state index contributed by atoms with van der Waals surface area (Å²) in [6.45, 7) is 10.7. The van der Waals surface area contributed by atoms with E-state index in [-0.39, 0.29) is 23.4 Å². The first-order valence-electron chi connectivity index (χ1n) is 13.5. The highest BCUT2D eigenvalue weighted by molar-refractivity contribution is 5.96. The van der Waals surface area contributed by atoms with Gasteiger partial charge in [-0.25, -0.2) is 4.39 Å². The molecule has 2 heterocycles. The van der Waals surface area contributed by atoms with E-state index in [0.717, 1.165) is 49.3 Å². The Labute approximate surface area is 230 Å². The summed E-state index contributed by atoms with van der Waals surface area (Å²) in [7, 11) is 0. The smallest absolute Gasteiger partial charge is 0.248 e. The van der Waals surface area contributed by atoms with Crippen LogP contribution in [0.2, 0.25) is 0 Å². The fraction of sp³-hybridized carbons (Fsp3) is 0.387. The highest BCUT2D eigenvalue weighted by atomic mass is 19.1. The molecule has 4 rings (SSSR count). The summed E-state index contributed by atoms with van der Waals surface area (Å²) in [5.74, 6) is -1.47. The van der Waals surface area contributed by atoms with Crippen LogP contribution in [0, 0.1) is 5.82 Å². The number of carbonyl (C=O) groups is 2. The lowest BCUT2D eigenvalue weighted by Crippen LogP contribution is -2.43. The van der Waals surface area contributed by atoms with Gasteiger partial charge < -0.3 is 16.4 Å². The molecule has 0 radical (unpaired) electrons. The monoisotopic (exact) mass is 531 g/mol.